The van der Waals surface area contributed by atoms with Crippen LogP contribution in [0.25, 0.3) is 0 Å². The maximum absolute atomic E-state index is 12.0. The maximum Gasteiger partial charge on any atom is 0.277 e. The minimum atomic E-state index is -0.424. The van der Waals surface area contributed by atoms with Crippen molar-refractivity contribution in [3.8, 4) is 23.3 Å². The van der Waals surface area contributed by atoms with Crippen LogP contribution in [0, 0.1) is 11.3 Å². The Morgan fingerprint density at radius 1 is 1.03 bits per heavy atom. The molecule has 3 aromatic rings. The SMILES string of the molecule is CCOc1cc(/C=N\NC(=O)COc2ccccc2Cl)ccc1OCc1ccccc1C#N. The summed E-state index contributed by atoms with van der Waals surface area (Å²) in [6, 6.07) is 21.6. The maximum atomic E-state index is 12.0. The Kier molecular flexibility index (Phi) is 8.69. The van der Waals surface area contributed by atoms with Crippen LogP contribution >= 0.6 is 11.6 Å². The highest BCUT2D eigenvalue weighted by Crippen LogP contribution is 2.29. The summed E-state index contributed by atoms with van der Waals surface area (Å²) in [6.07, 6.45) is 1.49. The molecule has 0 fully saturated rings. The first-order chi connectivity index (χ1) is 16.1. The molecule has 3 aromatic carbocycles. The third-order valence-corrected chi connectivity index (χ3v) is 4.70. The lowest BCUT2D eigenvalue weighted by atomic mass is 10.1. The highest BCUT2D eigenvalue weighted by Gasteiger charge is 2.09. The molecule has 0 heterocycles. The van der Waals surface area contributed by atoms with Gasteiger partial charge < -0.3 is 14.2 Å². The monoisotopic (exact) mass is 463 g/mol. The molecule has 0 bridgehead atoms. The lowest BCUT2D eigenvalue weighted by Crippen LogP contribution is -2.24. The van der Waals surface area contributed by atoms with Crippen molar-refractivity contribution in [2.75, 3.05) is 13.2 Å². The normalized spacial score (nSPS) is 10.5. The number of nitriles is 1. The predicted octanol–water partition coefficient (Wildman–Crippen LogP) is 4.72. The van der Waals surface area contributed by atoms with Crippen LogP contribution in [0.3, 0.4) is 0 Å². The van der Waals surface area contributed by atoms with Gasteiger partial charge in [-0.25, -0.2) is 5.43 Å². The zero-order valence-electron chi connectivity index (χ0n) is 18.0. The number of halogens is 1. The number of carbonyl (C=O) groups is 1. The molecule has 33 heavy (non-hydrogen) atoms. The molecule has 0 radical (unpaired) electrons. The van der Waals surface area contributed by atoms with Crippen LogP contribution < -0.4 is 19.6 Å². The summed E-state index contributed by atoms with van der Waals surface area (Å²) in [5.74, 6) is 1.07. The van der Waals surface area contributed by atoms with E-state index >= 15 is 0 Å². The molecule has 0 saturated heterocycles. The van der Waals surface area contributed by atoms with Crippen molar-refractivity contribution in [1.82, 2.24) is 5.43 Å². The second kappa shape index (κ2) is 12.1. The average molecular weight is 464 g/mol. The Hall–Kier alpha value is -4.02. The molecule has 0 aliphatic rings. The topological polar surface area (TPSA) is 92.9 Å². The van der Waals surface area contributed by atoms with Gasteiger partial charge in [-0.3, -0.25) is 4.79 Å². The van der Waals surface area contributed by atoms with E-state index in [1.165, 1.54) is 6.21 Å². The molecule has 0 aromatic heterocycles. The Bertz CT molecular complexity index is 1170. The number of hydrogen-bond acceptors (Lipinski definition) is 6. The fourth-order valence-electron chi connectivity index (χ4n) is 2.82. The minimum absolute atomic E-state index is 0.220. The van der Waals surface area contributed by atoms with Gasteiger partial charge in [0.15, 0.2) is 18.1 Å². The fourth-order valence-corrected chi connectivity index (χ4v) is 3.01. The molecule has 1 N–H and O–H groups in total. The van der Waals surface area contributed by atoms with Crippen molar-refractivity contribution < 1.29 is 19.0 Å². The second-order valence-corrected chi connectivity index (χ2v) is 7.12. The van der Waals surface area contributed by atoms with Crippen LogP contribution in [0.4, 0.5) is 0 Å². The van der Waals surface area contributed by atoms with Crippen molar-refractivity contribution in [3.05, 3.63) is 88.4 Å². The van der Waals surface area contributed by atoms with Crippen LogP contribution in [0.1, 0.15) is 23.6 Å². The number of para-hydroxylation sites is 1. The third-order valence-electron chi connectivity index (χ3n) is 4.39. The molecular weight excluding hydrogens is 442 g/mol. The number of benzene rings is 3. The smallest absolute Gasteiger partial charge is 0.277 e. The molecule has 0 aliphatic heterocycles. The molecule has 0 atom stereocenters. The third kappa shape index (κ3) is 6.99. The van der Waals surface area contributed by atoms with Gasteiger partial charge in [0.1, 0.15) is 12.4 Å². The Morgan fingerprint density at radius 3 is 2.61 bits per heavy atom. The summed E-state index contributed by atoms with van der Waals surface area (Å²) in [4.78, 5) is 12.0. The number of rotatable bonds is 10. The Balaban J connectivity index is 1.58. The predicted molar refractivity (Wildman–Crippen MR) is 126 cm³/mol. The van der Waals surface area contributed by atoms with Gasteiger partial charge in [0.25, 0.3) is 5.91 Å². The van der Waals surface area contributed by atoms with E-state index in [9.17, 15) is 10.1 Å². The molecule has 0 unspecified atom stereocenters. The van der Waals surface area contributed by atoms with Crippen molar-refractivity contribution in [3.63, 3.8) is 0 Å². The van der Waals surface area contributed by atoms with E-state index in [0.29, 0.717) is 40.0 Å². The Labute approximate surface area is 197 Å². The summed E-state index contributed by atoms with van der Waals surface area (Å²) < 4.78 is 16.9. The molecular formula is C25H22ClN3O4. The molecule has 0 saturated carbocycles. The van der Waals surface area contributed by atoms with E-state index in [2.05, 4.69) is 16.6 Å². The first kappa shape index (κ1) is 23.6. The lowest BCUT2D eigenvalue weighted by molar-refractivity contribution is -0.123. The van der Waals surface area contributed by atoms with Crippen LogP contribution in [0.15, 0.2) is 71.8 Å². The largest absolute Gasteiger partial charge is 0.490 e. The van der Waals surface area contributed by atoms with Crippen LogP contribution in [0.5, 0.6) is 17.2 Å². The first-order valence-corrected chi connectivity index (χ1v) is 10.6. The zero-order chi connectivity index (χ0) is 23.5. The summed E-state index contributed by atoms with van der Waals surface area (Å²) in [5, 5.41) is 13.6. The van der Waals surface area contributed by atoms with Crippen molar-refractivity contribution in [1.29, 1.82) is 5.26 Å². The summed E-state index contributed by atoms with van der Waals surface area (Å²) in [6.45, 7) is 2.33. The molecule has 7 nitrogen and oxygen atoms in total. The molecule has 168 valence electrons. The van der Waals surface area contributed by atoms with Crippen molar-refractivity contribution in [2.24, 2.45) is 5.10 Å². The van der Waals surface area contributed by atoms with E-state index < -0.39 is 5.91 Å². The van der Waals surface area contributed by atoms with Crippen molar-refractivity contribution >= 4 is 23.7 Å². The van der Waals surface area contributed by atoms with Gasteiger partial charge in [0, 0.05) is 5.56 Å². The quantitative estimate of drug-likeness (QED) is 0.347. The molecule has 0 aliphatic carbocycles. The van der Waals surface area contributed by atoms with E-state index in [1.807, 2.05) is 25.1 Å². The number of ether oxygens (including phenoxy) is 3. The minimum Gasteiger partial charge on any atom is -0.490 e. The number of hydrogen-bond donors (Lipinski definition) is 1. The van der Waals surface area contributed by atoms with Gasteiger partial charge in [-0.05, 0) is 48.9 Å². The van der Waals surface area contributed by atoms with Crippen LogP contribution in [-0.2, 0) is 11.4 Å². The summed E-state index contributed by atoms with van der Waals surface area (Å²) in [5.41, 5.74) is 4.46. The van der Waals surface area contributed by atoms with Crippen LogP contribution in [-0.4, -0.2) is 25.3 Å². The van der Waals surface area contributed by atoms with Crippen LogP contribution in [0.2, 0.25) is 5.02 Å². The molecule has 1 amide bonds. The van der Waals surface area contributed by atoms with Gasteiger partial charge in [-0.2, -0.15) is 10.4 Å². The zero-order valence-corrected chi connectivity index (χ0v) is 18.7. The average Bonchev–Trinajstić information content (AvgIpc) is 2.83. The van der Waals surface area contributed by atoms with E-state index in [-0.39, 0.29) is 13.2 Å². The van der Waals surface area contributed by atoms with Gasteiger partial charge >= 0.3 is 0 Å². The second-order valence-electron chi connectivity index (χ2n) is 6.71. The van der Waals surface area contributed by atoms with Gasteiger partial charge in [0.05, 0.1) is 29.5 Å². The number of nitrogens with one attached hydrogen (secondary N) is 1. The molecule has 8 heteroatoms. The van der Waals surface area contributed by atoms with Gasteiger partial charge in [-0.15, -0.1) is 0 Å². The lowest BCUT2D eigenvalue weighted by Gasteiger charge is -2.13. The van der Waals surface area contributed by atoms with E-state index in [0.717, 1.165) is 5.56 Å². The first-order valence-electron chi connectivity index (χ1n) is 10.2. The standard InChI is InChI=1S/C25H22ClN3O4/c1-2-31-24-13-18(11-12-23(24)32-16-20-8-4-3-7-19(20)14-27)15-28-29-25(30)17-33-22-10-6-5-9-21(22)26/h3-13,15H,2,16-17H2,1H3,(H,29,30)/b28-15-. The number of hydrazone groups is 1. The summed E-state index contributed by atoms with van der Waals surface area (Å²) >= 11 is 6.00. The van der Waals surface area contributed by atoms with Gasteiger partial charge in [0.2, 0.25) is 0 Å². The van der Waals surface area contributed by atoms with E-state index in [4.69, 9.17) is 25.8 Å². The van der Waals surface area contributed by atoms with Gasteiger partial charge in [-0.1, -0.05) is 41.9 Å². The molecule has 0 spiro atoms. The molecule has 3 rings (SSSR count). The number of amides is 1. The number of nitrogens with zero attached hydrogens (tertiary/aromatic N) is 2. The highest BCUT2D eigenvalue weighted by atomic mass is 35.5. The van der Waals surface area contributed by atoms with E-state index in [1.54, 1.807) is 48.5 Å². The summed E-state index contributed by atoms with van der Waals surface area (Å²) in [7, 11) is 0. The Morgan fingerprint density at radius 2 is 1.82 bits per heavy atom. The van der Waals surface area contributed by atoms with Crippen molar-refractivity contribution in [2.45, 2.75) is 13.5 Å². The number of carbonyl (C=O) groups excluding carboxylic acids is 1. The fraction of sp³-hybridized carbons (Fsp3) is 0.160. The highest BCUT2D eigenvalue weighted by molar-refractivity contribution is 6.32.